The molecular weight excluding hydrogens is 190 g/mol. The van der Waals surface area contributed by atoms with Crippen molar-refractivity contribution >= 4 is 5.96 Å². The van der Waals surface area contributed by atoms with Crippen molar-refractivity contribution in [2.75, 3.05) is 6.54 Å². The van der Waals surface area contributed by atoms with Crippen LogP contribution in [0.25, 0.3) is 0 Å². The molecule has 0 aliphatic heterocycles. The summed E-state index contributed by atoms with van der Waals surface area (Å²) >= 11 is 0. The highest BCUT2D eigenvalue weighted by Crippen LogP contribution is 1.96. The van der Waals surface area contributed by atoms with Gasteiger partial charge in [-0.15, -0.1) is 0 Å². The van der Waals surface area contributed by atoms with Gasteiger partial charge in [-0.1, -0.05) is 6.92 Å². The average Bonchev–Trinajstić information content (AvgIpc) is 2.23. The fraction of sp³-hybridized carbons (Fsp3) is 0.500. The summed E-state index contributed by atoms with van der Waals surface area (Å²) in [5.41, 5.74) is 6.52. The standard InChI is InChI=1S/C10H17N5/c1-3-5-13-10(11)14-7-9-4-6-12-8(2)15-9/h4,6H,3,5,7H2,1-2H3,(H3,11,13,14). The van der Waals surface area contributed by atoms with Crippen LogP contribution in [0.2, 0.25) is 0 Å². The predicted molar refractivity (Wildman–Crippen MR) is 60.4 cm³/mol. The fourth-order valence-electron chi connectivity index (χ4n) is 1.07. The zero-order chi connectivity index (χ0) is 11.1. The van der Waals surface area contributed by atoms with Crippen LogP contribution in [0.15, 0.2) is 17.3 Å². The second-order valence-electron chi connectivity index (χ2n) is 3.22. The van der Waals surface area contributed by atoms with E-state index in [-0.39, 0.29) is 0 Å². The van der Waals surface area contributed by atoms with Gasteiger partial charge in [0.2, 0.25) is 0 Å². The van der Waals surface area contributed by atoms with Crippen molar-refractivity contribution in [1.29, 1.82) is 0 Å². The molecular formula is C10H17N5. The molecule has 0 unspecified atom stereocenters. The van der Waals surface area contributed by atoms with Crippen molar-refractivity contribution in [2.24, 2.45) is 10.7 Å². The van der Waals surface area contributed by atoms with E-state index < -0.39 is 0 Å². The summed E-state index contributed by atoms with van der Waals surface area (Å²) in [6, 6.07) is 1.84. The summed E-state index contributed by atoms with van der Waals surface area (Å²) in [4.78, 5) is 12.4. The smallest absolute Gasteiger partial charge is 0.188 e. The number of nitrogens with zero attached hydrogens (tertiary/aromatic N) is 3. The molecule has 0 radical (unpaired) electrons. The molecule has 1 rings (SSSR count). The number of nitrogens with two attached hydrogens (primary N) is 1. The number of aromatic nitrogens is 2. The minimum Gasteiger partial charge on any atom is -0.370 e. The first-order chi connectivity index (χ1) is 7.22. The average molecular weight is 207 g/mol. The number of hydrogen-bond acceptors (Lipinski definition) is 3. The minimum absolute atomic E-state index is 0.466. The molecule has 0 amide bonds. The van der Waals surface area contributed by atoms with Gasteiger partial charge in [-0.2, -0.15) is 0 Å². The highest BCUT2D eigenvalue weighted by molar-refractivity contribution is 5.77. The van der Waals surface area contributed by atoms with Gasteiger partial charge in [0.25, 0.3) is 0 Å². The maximum atomic E-state index is 5.64. The number of aryl methyl sites for hydroxylation is 1. The van der Waals surface area contributed by atoms with Gasteiger partial charge in [-0.3, -0.25) is 0 Å². The molecule has 15 heavy (non-hydrogen) atoms. The molecule has 0 aromatic carbocycles. The zero-order valence-electron chi connectivity index (χ0n) is 9.20. The molecule has 0 aliphatic rings. The second kappa shape index (κ2) is 5.95. The van der Waals surface area contributed by atoms with Crippen LogP contribution in [0, 0.1) is 6.92 Å². The second-order valence-corrected chi connectivity index (χ2v) is 3.22. The number of guanidine groups is 1. The van der Waals surface area contributed by atoms with Crippen LogP contribution in [0.1, 0.15) is 24.9 Å². The lowest BCUT2D eigenvalue weighted by Crippen LogP contribution is -2.32. The fourth-order valence-corrected chi connectivity index (χ4v) is 1.07. The van der Waals surface area contributed by atoms with Gasteiger partial charge in [-0.25, -0.2) is 15.0 Å². The lowest BCUT2D eigenvalue weighted by molar-refractivity contribution is 0.821. The molecule has 3 N–H and O–H groups in total. The van der Waals surface area contributed by atoms with Crippen LogP contribution in [-0.2, 0) is 6.54 Å². The molecule has 0 aliphatic carbocycles. The molecule has 0 bridgehead atoms. The summed E-state index contributed by atoms with van der Waals surface area (Å²) in [6.07, 6.45) is 2.76. The van der Waals surface area contributed by atoms with Crippen molar-refractivity contribution in [3.05, 3.63) is 23.8 Å². The summed E-state index contributed by atoms with van der Waals surface area (Å²) in [6.45, 7) is 5.27. The first kappa shape index (κ1) is 11.4. The molecule has 1 aromatic rings. The van der Waals surface area contributed by atoms with Gasteiger partial charge < -0.3 is 11.1 Å². The Bertz CT molecular complexity index is 334. The maximum absolute atomic E-state index is 5.64. The van der Waals surface area contributed by atoms with Crippen LogP contribution in [0.5, 0.6) is 0 Å². The lowest BCUT2D eigenvalue weighted by atomic mass is 10.4. The monoisotopic (exact) mass is 207 g/mol. The van der Waals surface area contributed by atoms with E-state index in [4.69, 9.17) is 5.73 Å². The Morgan fingerprint density at radius 3 is 3.07 bits per heavy atom. The highest BCUT2D eigenvalue weighted by atomic mass is 15.1. The summed E-state index contributed by atoms with van der Waals surface area (Å²) in [5.74, 6) is 1.22. The van der Waals surface area contributed by atoms with E-state index in [1.165, 1.54) is 0 Å². The third-order valence-electron chi connectivity index (χ3n) is 1.80. The Morgan fingerprint density at radius 1 is 1.60 bits per heavy atom. The van der Waals surface area contributed by atoms with Crippen LogP contribution >= 0.6 is 0 Å². The zero-order valence-corrected chi connectivity index (χ0v) is 9.20. The molecule has 0 fully saturated rings. The van der Waals surface area contributed by atoms with Gasteiger partial charge in [0.15, 0.2) is 5.96 Å². The molecule has 5 nitrogen and oxygen atoms in total. The molecule has 0 atom stereocenters. The summed E-state index contributed by atoms with van der Waals surface area (Å²) in [7, 11) is 0. The van der Waals surface area contributed by atoms with Gasteiger partial charge in [0.1, 0.15) is 5.82 Å². The van der Waals surface area contributed by atoms with Gasteiger partial charge in [-0.05, 0) is 19.4 Å². The highest BCUT2D eigenvalue weighted by Gasteiger charge is 1.95. The number of aliphatic imine (C=N–C) groups is 1. The normalized spacial score (nSPS) is 11.5. The molecule has 1 heterocycles. The molecule has 1 aromatic heterocycles. The third-order valence-corrected chi connectivity index (χ3v) is 1.80. The third kappa shape index (κ3) is 4.39. The first-order valence-corrected chi connectivity index (χ1v) is 5.04. The Hall–Kier alpha value is -1.65. The van der Waals surface area contributed by atoms with E-state index in [1.54, 1.807) is 6.20 Å². The molecule has 0 saturated carbocycles. The van der Waals surface area contributed by atoms with Crippen molar-refractivity contribution in [1.82, 2.24) is 15.3 Å². The Balaban J connectivity index is 2.48. The van der Waals surface area contributed by atoms with Crippen LogP contribution in [0.4, 0.5) is 0 Å². The van der Waals surface area contributed by atoms with Crippen molar-refractivity contribution in [3.8, 4) is 0 Å². The summed E-state index contributed by atoms with van der Waals surface area (Å²) in [5, 5.41) is 3.00. The van der Waals surface area contributed by atoms with Crippen LogP contribution in [0.3, 0.4) is 0 Å². The van der Waals surface area contributed by atoms with Crippen molar-refractivity contribution in [3.63, 3.8) is 0 Å². The number of rotatable bonds is 4. The quantitative estimate of drug-likeness (QED) is 0.560. The Morgan fingerprint density at radius 2 is 2.40 bits per heavy atom. The van der Waals surface area contributed by atoms with Crippen LogP contribution < -0.4 is 11.1 Å². The predicted octanol–water partition coefficient (Wildman–Crippen LogP) is 0.599. The lowest BCUT2D eigenvalue weighted by Gasteiger charge is -2.03. The van der Waals surface area contributed by atoms with Crippen LogP contribution in [-0.4, -0.2) is 22.5 Å². The first-order valence-electron chi connectivity index (χ1n) is 5.04. The molecule has 0 saturated heterocycles. The minimum atomic E-state index is 0.466. The van der Waals surface area contributed by atoms with E-state index in [2.05, 4.69) is 27.2 Å². The van der Waals surface area contributed by atoms with E-state index in [1.807, 2.05) is 13.0 Å². The SMILES string of the molecule is CCCNC(N)=NCc1ccnc(C)n1. The summed E-state index contributed by atoms with van der Waals surface area (Å²) < 4.78 is 0. The van der Waals surface area contributed by atoms with E-state index >= 15 is 0 Å². The number of nitrogens with one attached hydrogen (secondary N) is 1. The van der Waals surface area contributed by atoms with Crippen molar-refractivity contribution < 1.29 is 0 Å². The molecule has 5 heteroatoms. The van der Waals surface area contributed by atoms with Gasteiger partial charge in [0, 0.05) is 12.7 Å². The van der Waals surface area contributed by atoms with E-state index in [0.717, 1.165) is 24.5 Å². The Kier molecular flexibility index (Phi) is 4.53. The van der Waals surface area contributed by atoms with Crippen molar-refractivity contribution in [2.45, 2.75) is 26.8 Å². The van der Waals surface area contributed by atoms with E-state index in [9.17, 15) is 0 Å². The van der Waals surface area contributed by atoms with E-state index in [0.29, 0.717) is 12.5 Å². The largest absolute Gasteiger partial charge is 0.370 e. The maximum Gasteiger partial charge on any atom is 0.188 e. The number of hydrogen-bond donors (Lipinski definition) is 2. The Labute approximate surface area is 89.8 Å². The van der Waals surface area contributed by atoms with Gasteiger partial charge in [0.05, 0.1) is 12.2 Å². The van der Waals surface area contributed by atoms with Gasteiger partial charge >= 0.3 is 0 Å². The topological polar surface area (TPSA) is 76.2 Å². The molecule has 0 spiro atoms. The molecule has 82 valence electrons.